The molecule has 1 aromatic carbocycles. The minimum Gasteiger partial charge on any atom is -0.352 e. The number of carbonyl (C=O) groups excluding carboxylic acids is 1. The van der Waals surface area contributed by atoms with Gasteiger partial charge in [-0.25, -0.2) is 0 Å². The minimum absolute atomic E-state index is 0.0541. The van der Waals surface area contributed by atoms with E-state index in [0.717, 1.165) is 12.1 Å². The van der Waals surface area contributed by atoms with Gasteiger partial charge in [-0.05, 0) is 52.8 Å². The molecule has 2 aromatic rings. The summed E-state index contributed by atoms with van der Waals surface area (Å²) in [5, 5.41) is 15.7. The Balaban J connectivity index is 1.59. The standard InChI is InChI=1S/C19H27N5OS/c1-13(2)15-8-10-16(11-9-15)24-19(21-22-23-24)26-12-18(25)20-17-7-5-4-6-14(17)3/h8-11,13-14,17H,4-7,12H2,1-3H3,(H,20,25)/t14-,17-/m0/s1. The zero-order valence-corrected chi connectivity index (χ0v) is 16.5. The molecule has 1 saturated carbocycles. The number of aromatic nitrogens is 4. The molecule has 0 radical (unpaired) electrons. The highest BCUT2D eigenvalue weighted by atomic mass is 32.2. The molecule has 140 valence electrons. The lowest BCUT2D eigenvalue weighted by atomic mass is 9.86. The first-order valence-electron chi connectivity index (χ1n) is 9.35. The van der Waals surface area contributed by atoms with E-state index in [1.807, 2.05) is 12.1 Å². The summed E-state index contributed by atoms with van der Waals surface area (Å²) < 4.78 is 1.69. The van der Waals surface area contributed by atoms with Crippen molar-refractivity contribution in [2.75, 3.05) is 5.75 Å². The molecule has 0 aliphatic heterocycles. The van der Waals surface area contributed by atoms with Crippen molar-refractivity contribution in [2.45, 2.75) is 63.6 Å². The van der Waals surface area contributed by atoms with Gasteiger partial charge in [0, 0.05) is 6.04 Å². The number of carbonyl (C=O) groups is 1. The van der Waals surface area contributed by atoms with Crippen molar-refractivity contribution in [1.82, 2.24) is 25.5 Å². The highest BCUT2D eigenvalue weighted by Crippen LogP contribution is 2.24. The lowest BCUT2D eigenvalue weighted by Gasteiger charge is -2.29. The zero-order chi connectivity index (χ0) is 18.5. The van der Waals surface area contributed by atoms with Crippen LogP contribution in [0.25, 0.3) is 5.69 Å². The highest BCUT2D eigenvalue weighted by molar-refractivity contribution is 7.99. The molecule has 0 spiro atoms. The van der Waals surface area contributed by atoms with Gasteiger partial charge in [0.05, 0.1) is 11.4 Å². The molecule has 1 aliphatic carbocycles. The Morgan fingerprint density at radius 1 is 1.27 bits per heavy atom. The smallest absolute Gasteiger partial charge is 0.230 e. The average molecular weight is 374 g/mol. The van der Waals surface area contributed by atoms with Gasteiger partial charge in [-0.2, -0.15) is 4.68 Å². The van der Waals surface area contributed by atoms with Crippen molar-refractivity contribution in [2.24, 2.45) is 5.92 Å². The number of amides is 1. The molecular weight excluding hydrogens is 346 g/mol. The quantitative estimate of drug-likeness (QED) is 0.784. The van der Waals surface area contributed by atoms with Crippen LogP contribution in [0.2, 0.25) is 0 Å². The molecule has 1 aromatic heterocycles. The number of rotatable bonds is 6. The first-order chi connectivity index (χ1) is 12.5. The number of hydrogen-bond donors (Lipinski definition) is 1. The minimum atomic E-state index is 0.0541. The molecule has 1 fully saturated rings. The second kappa shape index (κ2) is 8.66. The molecule has 0 bridgehead atoms. The SMILES string of the molecule is CC(C)c1ccc(-n2nnnc2SCC(=O)N[C@H]2CCCC[C@@H]2C)cc1. The summed E-state index contributed by atoms with van der Waals surface area (Å²) >= 11 is 1.37. The van der Waals surface area contributed by atoms with Crippen molar-refractivity contribution in [3.8, 4) is 5.69 Å². The predicted molar refractivity (Wildman–Crippen MR) is 104 cm³/mol. The normalized spacial score (nSPS) is 20.3. The molecular formula is C19H27N5OS. The fourth-order valence-corrected chi connectivity index (χ4v) is 4.04. The molecule has 1 amide bonds. The van der Waals surface area contributed by atoms with E-state index in [1.165, 1.54) is 36.6 Å². The van der Waals surface area contributed by atoms with E-state index < -0.39 is 0 Å². The van der Waals surface area contributed by atoms with Crippen LogP contribution >= 0.6 is 11.8 Å². The predicted octanol–water partition coefficient (Wildman–Crippen LogP) is 3.57. The Kier molecular flexibility index (Phi) is 6.29. The van der Waals surface area contributed by atoms with E-state index in [4.69, 9.17) is 0 Å². The first-order valence-corrected chi connectivity index (χ1v) is 10.3. The van der Waals surface area contributed by atoms with Gasteiger partial charge in [-0.1, -0.05) is 57.5 Å². The van der Waals surface area contributed by atoms with Crippen LogP contribution < -0.4 is 5.32 Å². The van der Waals surface area contributed by atoms with Crippen LogP contribution in [0.4, 0.5) is 0 Å². The summed E-state index contributed by atoms with van der Waals surface area (Å²) in [4.78, 5) is 12.3. The van der Waals surface area contributed by atoms with Gasteiger partial charge in [0.25, 0.3) is 0 Å². The Morgan fingerprint density at radius 3 is 2.69 bits per heavy atom. The third-order valence-electron chi connectivity index (χ3n) is 5.04. The van der Waals surface area contributed by atoms with Crippen LogP contribution in [0, 0.1) is 5.92 Å². The summed E-state index contributed by atoms with van der Waals surface area (Å²) in [6.07, 6.45) is 4.75. The second-order valence-electron chi connectivity index (χ2n) is 7.34. The Morgan fingerprint density at radius 2 is 2.00 bits per heavy atom. The zero-order valence-electron chi connectivity index (χ0n) is 15.7. The van der Waals surface area contributed by atoms with Gasteiger partial charge in [0.1, 0.15) is 0 Å². The Bertz CT molecular complexity index is 728. The van der Waals surface area contributed by atoms with E-state index >= 15 is 0 Å². The lowest BCUT2D eigenvalue weighted by molar-refractivity contribution is -0.119. The Hall–Kier alpha value is -1.89. The number of benzene rings is 1. The molecule has 6 nitrogen and oxygen atoms in total. The summed E-state index contributed by atoms with van der Waals surface area (Å²) in [6, 6.07) is 8.51. The molecule has 0 unspecified atom stereocenters. The van der Waals surface area contributed by atoms with Crippen LogP contribution in [-0.4, -0.2) is 37.9 Å². The van der Waals surface area contributed by atoms with Gasteiger partial charge in [0.2, 0.25) is 11.1 Å². The van der Waals surface area contributed by atoms with E-state index in [2.05, 4.69) is 53.7 Å². The molecule has 0 saturated heterocycles. The third kappa shape index (κ3) is 4.63. The molecule has 1 N–H and O–H groups in total. The van der Waals surface area contributed by atoms with Crippen LogP contribution in [0.5, 0.6) is 0 Å². The summed E-state index contributed by atoms with van der Waals surface area (Å²) in [5.74, 6) is 1.42. The average Bonchev–Trinajstić information content (AvgIpc) is 3.10. The van der Waals surface area contributed by atoms with Gasteiger partial charge in [-0.3, -0.25) is 4.79 Å². The number of thioether (sulfide) groups is 1. The van der Waals surface area contributed by atoms with Crippen LogP contribution in [0.15, 0.2) is 29.4 Å². The van der Waals surface area contributed by atoms with Crippen molar-refractivity contribution in [1.29, 1.82) is 0 Å². The highest BCUT2D eigenvalue weighted by Gasteiger charge is 2.23. The maximum absolute atomic E-state index is 12.3. The number of hydrogen-bond acceptors (Lipinski definition) is 5. The van der Waals surface area contributed by atoms with E-state index in [-0.39, 0.29) is 5.91 Å². The fraction of sp³-hybridized carbons (Fsp3) is 0.579. The summed E-state index contributed by atoms with van der Waals surface area (Å²) in [6.45, 7) is 6.55. The molecule has 1 heterocycles. The molecule has 3 rings (SSSR count). The monoisotopic (exact) mass is 373 g/mol. The maximum atomic E-state index is 12.3. The van der Waals surface area contributed by atoms with Crippen LogP contribution in [0.3, 0.4) is 0 Å². The van der Waals surface area contributed by atoms with E-state index in [9.17, 15) is 4.79 Å². The molecule has 7 heteroatoms. The summed E-state index contributed by atoms with van der Waals surface area (Å²) in [7, 11) is 0. The van der Waals surface area contributed by atoms with Gasteiger partial charge >= 0.3 is 0 Å². The topological polar surface area (TPSA) is 72.7 Å². The maximum Gasteiger partial charge on any atom is 0.230 e. The second-order valence-corrected chi connectivity index (χ2v) is 8.29. The van der Waals surface area contributed by atoms with Gasteiger partial charge in [-0.15, -0.1) is 5.10 Å². The third-order valence-corrected chi connectivity index (χ3v) is 5.95. The van der Waals surface area contributed by atoms with Gasteiger partial charge < -0.3 is 5.32 Å². The number of nitrogens with one attached hydrogen (secondary N) is 1. The van der Waals surface area contributed by atoms with Crippen LogP contribution in [-0.2, 0) is 4.79 Å². The first kappa shape index (κ1) is 18.9. The molecule has 26 heavy (non-hydrogen) atoms. The lowest BCUT2D eigenvalue weighted by Crippen LogP contribution is -2.41. The number of tetrazole rings is 1. The van der Waals surface area contributed by atoms with Crippen molar-refractivity contribution < 1.29 is 4.79 Å². The van der Waals surface area contributed by atoms with Gasteiger partial charge in [0.15, 0.2) is 0 Å². The van der Waals surface area contributed by atoms with E-state index in [1.54, 1.807) is 4.68 Å². The van der Waals surface area contributed by atoms with E-state index in [0.29, 0.717) is 28.8 Å². The van der Waals surface area contributed by atoms with Crippen molar-refractivity contribution in [3.63, 3.8) is 0 Å². The fourth-order valence-electron chi connectivity index (χ4n) is 3.34. The van der Waals surface area contributed by atoms with Crippen LogP contribution in [0.1, 0.15) is 57.9 Å². The summed E-state index contributed by atoms with van der Waals surface area (Å²) in [5.41, 5.74) is 2.18. The Labute approximate surface area is 159 Å². The van der Waals surface area contributed by atoms with Crippen molar-refractivity contribution >= 4 is 17.7 Å². The molecule has 2 atom stereocenters. The largest absolute Gasteiger partial charge is 0.352 e. The van der Waals surface area contributed by atoms with Crippen molar-refractivity contribution in [3.05, 3.63) is 29.8 Å². The molecule has 1 aliphatic rings. The number of nitrogens with zero attached hydrogens (tertiary/aromatic N) is 4.